The van der Waals surface area contributed by atoms with Crippen LogP contribution in [0, 0.1) is 11.6 Å². The molecule has 2 N–H and O–H groups in total. The van der Waals surface area contributed by atoms with Gasteiger partial charge in [0.2, 0.25) is 0 Å². The van der Waals surface area contributed by atoms with Gasteiger partial charge in [-0.2, -0.15) is 0 Å². The van der Waals surface area contributed by atoms with Crippen LogP contribution in [0.1, 0.15) is 51.1 Å². The highest BCUT2D eigenvalue weighted by Gasteiger charge is 2.39. The number of nitrogens with zero attached hydrogens (tertiary/aromatic N) is 2. The molecule has 3 rings (SSSR count). The summed E-state index contributed by atoms with van der Waals surface area (Å²) in [5.41, 5.74) is 0.467. The number of hydrogen-bond donors (Lipinski definition) is 2. The van der Waals surface area contributed by atoms with Crippen molar-refractivity contribution in [1.29, 1.82) is 0 Å². The van der Waals surface area contributed by atoms with Gasteiger partial charge >= 0.3 is 0 Å². The summed E-state index contributed by atoms with van der Waals surface area (Å²) < 4.78 is 32.9. The highest BCUT2D eigenvalue weighted by atomic mass is 127. The maximum Gasteiger partial charge on any atom is 0.191 e. The maximum atomic E-state index is 14.1. The molecule has 1 atom stereocenters. The van der Waals surface area contributed by atoms with E-state index >= 15 is 0 Å². The van der Waals surface area contributed by atoms with Crippen LogP contribution in [0.2, 0.25) is 0 Å². The van der Waals surface area contributed by atoms with E-state index in [-0.39, 0.29) is 35.6 Å². The Morgan fingerprint density at radius 2 is 1.93 bits per heavy atom. The molecule has 1 aromatic carbocycles. The minimum absolute atomic E-state index is 0. The van der Waals surface area contributed by atoms with Crippen LogP contribution in [0.25, 0.3) is 0 Å². The number of ether oxygens (including phenoxy) is 1. The van der Waals surface area contributed by atoms with Gasteiger partial charge in [-0.05, 0) is 58.7 Å². The molecular formula is C21H33F2IN4O. The van der Waals surface area contributed by atoms with Crippen molar-refractivity contribution in [2.75, 3.05) is 39.4 Å². The highest BCUT2D eigenvalue weighted by Crippen LogP contribution is 2.31. The van der Waals surface area contributed by atoms with Crippen LogP contribution in [0.15, 0.2) is 23.2 Å². The molecule has 2 aliphatic rings. The molecule has 0 aliphatic carbocycles. The van der Waals surface area contributed by atoms with Crippen LogP contribution < -0.4 is 10.6 Å². The lowest BCUT2D eigenvalue weighted by Gasteiger charge is -2.43. The molecule has 2 heterocycles. The standard InChI is InChI=1S/C21H32F2N4O.HI/c1-3-24-20(26-16(2)18-7-6-17(22)14-19(18)23)25-15-21(8-12-28-13-9-21)27-10-4-5-11-27;/h6-7,14,16H,3-5,8-13,15H2,1-2H3,(H2,24,25,26);1H. The van der Waals surface area contributed by atoms with Gasteiger partial charge < -0.3 is 15.4 Å². The Morgan fingerprint density at radius 1 is 1.24 bits per heavy atom. The predicted molar refractivity (Wildman–Crippen MR) is 123 cm³/mol. The minimum Gasteiger partial charge on any atom is -0.381 e. The predicted octanol–water partition coefficient (Wildman–Crippen LogP) is 3.84. The van der Waals surface area contributed by atoms with Crippen molar-refractivity contribution in [3.63, 3.8) is 0 Å². The van der Waals surface area contributed by atoms with Gasteiger partial charge in [0.05, 0.1) is 12.6 Å². The number of aliphatic imine (C=N–C) groups is 1. The average Bonchev–Trinajstić information content (AvgIpc) is 3.22. The van der Waals surface area contributed by atoms with Gasteiger partial charge in [0, 0.05) is 36.9 Å². The molecule has 5 nitrogen and oxygen atoms in total. The summed E-state index contributed by atoms with van der Waals surface area (Å²) in [6.07, 6.45) is 4.45. The van der Waals surface area contributed by atoms with Gasteiger partial charge in [0.25, 0.3) is 0 Å². The van der Waals surface area contributed by atoms with Crippen LogP contribution >= 0.6 is 24.0 Å². The van der Waals surface area contributed by atoms with Gasteiger partial charge in [-0.15, -0.1) is 24.0 Å². The monoisotopic (exact) mass is 522 g/mol. The van der Waals surface area contributed by atoms with Crippen molar-refractivity contribution in [2.24, 2.45) is 4.99 Å². The molecule has 29 heavy (non-hydrogen) atoms. The minimum atomic E-state index is -0.568. The van der Waals surface area contributed by atoms with Crippen LogP contribution in [0.5, 0.6) is 0 Å². The second kappa shape index (κ2) is 11.4. The fraction of sp³-hybridized carbons (Fsp3) is 0.667. The summed E-state index contributed by atoms with van der Waals surface area (Å²) in [5, 5.41) is 6.52. The Kier molecular flexibility index (Phi) is 9.55. The van der Waals surface area contributed by atoms with E-state index < -0.39 is 11.6 Å². The number of likely N-dealkylation sites (tertiary alicyclic amines) is 1. The molecular weight excluding hydrogens is 489 g/mol. The van der Waals surface area contributed by atoms with E-state index in [4.69, 9.17) is 9.73 Å². The zero-order chi connectivity index (χ0) is 20.0. The lowest BCUT2D eigenvalue weighted by molar-refractivity contribution is -0.0139. The third-order valence-corrected chi connectivity index (χ3v) is 5.86. The van der Waals surface area contributed by atoms with Crippen molar-refractivity contribution in [3.8, 4) is 0 Å². The molecule has 0 spiro atoms. The molecule has 0 radical (unpaired) electrons. The van der Waals surface area contributed by atoms with Crippen molar-refractivity contribution in [3.05, 3.63) is 35.4 Å². The summed E-state index contributed by atoms with van der Waals surface area (Å²) in [4.78, 5) is 7.44. The van der Waals surface area contributed by atoms with Crippen LogP contribution in [-0.2, 0) is 4.74 Å². The molecule has 0 amide bonds. The molecule has 164 valence electrons. The molecule has 0 bridgehead atoms. The third-order valence-electron chi connectivity index (χ3n) is 5.86. The highest BCUT2D eigenvalue weighted by molar-refractivity contribution is 14.0. The molecule has 1 unspecified atom stereocenters. The molecule has 2 fully saturated rings. The number of benzene rings is 1. The average molecular weight is 522 g/mol. The fourth-order valence-electron chi connectivity index (χ4n) is 4.20. The van der Waals surface area contributed by atoms with Crippen LogP contribution in [0.3, 0.4) is 0 Å². The van der Waals surface area contributed by atoms with Crippen LogP contribution in [0.4, 0.5) is 8.78 Å². The van der Waals surface area contributed by atoms with E-state index in [2.05, 4.69) is 15.5 Å². The maximum absolute atomic E-state index is 14.1. The zero-order valence-corrected chi connectivity index (χ0v) is 19.7. The van der Waals surface area contributed by atoms with E-state index in [1.807, 2.05) is 13.8 Å². The number of rotatable bonds is 6. The van der Waals surface area contributed by atoms with Gasteiger partial charge in [-0.3, -0.25) is 9.89 Å². The molecule has 2 aliphatic heterocycles. The Bertz CT molecular complexity index is 677. The molecule has 0 aromatic heterocycles. The van der Waals surface area contributed by atoms with E-state index in [0.29, 0.717) is 24.6 Å². The Labute approximate surface area is 189 Å². The number of nitrogens with one attached hydrogen (secondary N) is 2. The van der Waals surface area contributed by atoms with E-state index in [0.717, 1.165) is 45.2 Å². The van der Waals surface area contributed by atoms with Crippen molar-refractivity contribution in [2.45, 2.75) is 51.1 Å². The van der Waals surface area contributed by atoms with E-state index in [1.54, 1.807) is 0 Å². The second-order valence-electron chi connectivity index (χ2n) is 7.76. The van der Waals surface area contributed by atoms with E-state index in [1.165, 1.54) is 25.0 Å². The molecule has 8 heteroatoms. The normalized spacial score (nSPS) is 20.8. The Hall–Kier alpha value is -1.00. The largest absolute Gasteiger partial charge is 0.381 e. The lowest BCUT2D eigenvalue weighted by atomic mass is 9.88. The molecule has 2 saturated heterocycles. The van der Waals surface area contributed by atoms with Crippen molar-refractivity contribution < 1.29 is 13.5 Å². The summed E-state index contributed by atoms with van der Waals surface area (Å²) >= 11 is 0. The molecule has 0 saturated carbocycles. The first-order valence-electron chi connectivity index (χ1n) is 10.4. The lowest BCUT2D eigenvalue weighted by Crippen LogP contribution is -2.54. The van der Waals surface area contributed by atoms with Gasteiger partial charge in [-0.25, -0.2) is 8.78 Å². The summed E-state index contributed by atoms with van der Waals surface area (Å²) in [6, 6.07) is 3.36. The summed E-state index contributed by atoms with van der Waals surface area (Å²) in [5.74, 6) is -0.460. The first kappa shape index (κ1) is 24.3. The van der Waals surface area contributed by atoms with Gasteiger partial charge in [-0.1, -0.05) is 6.07 Å². The van der Waals surface area contributed by atoms with Gasteiger partial charge in [0.1, 0.15) is 11.6 Å². The zero-order valence-electron chi connectivity index (χ0n) is 17.3. The van der Waals surface area contributed by atoms with Crippen molar-refractivity contribution >= 4 is 29.9 Å². The van der Waals surface area contributed by atoms with Crippen molar-refractivity contribution in [1.82, 2.24) is 15.5 Å². The summed E-state index contributed by atoms with van der Waals surface area (Å²) in [6.45, 7) is 9.04. The molecule has 1 aromatic rings. The Balaban J connectivity index is 0.00000300. The third kappa shape index (κ3) is 6.24. The Morgan fingerprint density at radius 3 is 2.55 bits per heavy atom. The van der Waals surface area contributed by atoms with Crippen LogP contribution in [-0.4, -0.2) is 55.8 Å². The smallest absolute Gasteiger partial charge is 0.191 e. The second-order valence-corrected chi connectivity index (χ2v) is 7.76. The number of halogens is 3. The SMILES string of the molecule is CCNC(=NCC1(N2CCCC2)CCOCC1)NC(C)c1ccc(F)cc1F.I. The van der Waals surface area contributed by atoms with E-state index in [9.17, 15) is 8.78 Å². The first-order chi connectivity index (χ1) is 13.5. The number of guanidine groups is 1. The first-order valence-corrected chi connectivity index (χ1v) is 10.4. The number of hydrogen-bond acceptors (Lipinski definition) is 3. The topological polar surface area (TPSA) is 48.9 Å². The fourth-order valence-corrected chi connectivity index (χ4v) is 4.20. The van der Waals surface area contributed by atoms with Gasteiger partial charge in [0.15, 0.2) is 5.96 Å². The quantitative estimate of drug-likeness (QED) is 0.339. The summed E-state index contributed by atoms with van der Waals surface area (Å²) in [7, 11) is 0.